The molecule has 2 unspecified atom stereocenters. The largest absolute Gasteiger partial charge is 0.481 e. The third kappa shape index (κ3) is 4.54. The highest BCUT2D eigenvalue weighted by Gasteiger charge is 2.29. The third-order valence-corrected chi connectivity index (χ3v) is 3.90. The summed E-state index contributed by atoms with van der Waals surface area (Å²) in [6.07, 6.45) is 12.0. The Hall–Kier alpha value is -0.530. The van der Waals surface area contributed by atoms with Crippen LogP contribution >= 0.6 is 0 Å². The Kier molecular flexibility index (Phi) is 6.51. The smallest absolute Gasteiger partial charge is 0.306 e. The molecule has 1 fully saturated rings. The van der Waals surface area contributed by atoms with E-state index >= 15 is 0 Å². The van der Waals surface area contributed by atoms with Gasteiger partial charge in [0.15, 0.2) is 0 Å². The van der Waals surface area contributed by atoms with Gasteiger partial charge in [-0.2, -0.15) is 0 Å². The third-order valence-electron chi connectivity index (χ3n) is 3.90. The van der Waals surface area contributed by atoms with Crippen molar-refractivity contribution in [2.75, 3.05) is 0 Å². The molecule has 0 aromatic carbocycles. The highest BCUT2D eigenvalue weighted by molar-refractivity contribution is 5.70. The quantitative estimate of drug-likeness (QED) is 0.659. The second-order valence-corrected chi connectivity index (χ2v) is 5.19. The molecule has 2 atom stereocenters. The van der Waals surface area contributed by atoms with Crippen LogP contribution in [0.2, 0.25) is 0 Å². The molecule has 1 rings (SSSR count). The zero-order valence-electron chi connectivity index (χ0n) is 10.6. The van der Waals surface area contributed by atoms with E-state index in [0.717, 1.165) is 25.7 Å². The molecule has 0 bridgehead atoms. The molecule has 0 aromatic heterocycles. The van der Waals surface area contributed by atoms with Gasteiger partial charge in [-0.05, 0) is 25.2 Å². The summed E-state index contributed by atoms with van der Waals surface area (Å²) in [7, 11) is 0. The van der Waals surface area contributed by atoms with Gasteiger partial charge in [0.2, 0.25) is 0 Å². The van der Waals surface area contributed by atoms with E-state index in [1.165, 1.54) is 38.5 Å². The van der Waals surface area contributed by atoms with Crippen LogP contribution < -0.4 is 0 Å². The van der Waals surface area contributed by atoms with E-state index in [4.69, 9.17) is 5.11 Å². The summed E-state index contributed by atoms with van der Waals surface area (Å²) in [5.74, 6) is -0.133. The standard InChI is InChI=1S/C14H26O2/c1-2-3-4-5-6-9-12-10-7-8-11-13(12)14(15)16/h12-13H,2-11H2,1H3,(H,15,16). The lowest BCUT2D eigenvalue weighted by Crippen LogP contribution is -2.26. The van der Waals surface area contributed by atoms with E-state index in [9.17, 15) is 4.79 Å². The van der Waals surface area contributed by atoms with Crippen LogP contribution in [0, 0.1) is 11.8 Å². The van der Waals surface area contributed by atoms with Crippen molar-refractivity contribution in [3.05, 3.63) is 0 Å². The lowest BCUT2D eigenvalue weighted by Gasteiger charge is -2.28. The fraction of sp³-hybridized carbons (Fsp3) is 0.929. The average molecular weight is 226 g/mol. The van der Waals surface area contributed by atoms with Crippen molar-refractivity contribution in [1.82, 2.24) is 0 Å². The summed E-state index contributed by atoms with van der Waals surface area (Å²) in [6, 6.07) is 0. The Morgan fingerprint density at radius 3 is 2.50 bits per heavy atom. The summed E-state index contributed by atoms with van der Waals surface area (Å²) in [6.45, 7) is 2.22. The predicted octanol–water partition coefficient (Wildman–Crippen LogP) is 4.24. The lowest BCUT2D eigenvalue weighted by molar-refractivity contribution is -0.145. The van der Waals surface area contributed by atoms with Gasteiger partial charge in [0, 0.05) is 0 Å². The minimum Gasteiger partial charge on any atom is -0.481 e. The minimum absolute atomic E-state index is 0.0417. The first kappa shape index (κ1) is 13.5. The highest BCUT2D eigenvalue weighted by atomic mass is 16.4. The summed E-state index contributed by atoms with van der Waals surface area (Å²) >= 11 is 0. The Bertz CT molecular complexity index is 201. The van der Waals surface area contributed by atoms with Crippen LogP contribution in [0.15, 0.2) is 0 Å². The molecular weight excluding hydrogens is 200 g/mol. The summed E-state index contributed by atoms with van der Waals surface area (Å²) < 4.78 is 0. The second kappa shape index (κ2) is 7.70. The van der Waals surface area contributed by atoms with Crippen LogP contribution in [0.1, 0.15) is 71.1 Å². The highest BCUT2D eigenvalue weighted by Crippen LogP contribution is 2.33. The van der Waals surface area contributed by atoms with Crippen molar-refractivity contribution in [3.63, 3.8) is 0 Å². The second-order valence-electron chi connectivity index (χ2n) is 5.19. The number of unbranched alkanes of at least 4 members (excludes halogenated alkanes) is 4. The van der Waals surface area contributed by atoms with Crippen molar-refractivity contribution in [3.8, 4) is 0 Å². The van der Waals surface area contributed by atoms with Crippen LogP contribution in [0.4, 0.5) is 0 Å². The molecule has 0 aromatic rings. The Labute approximate surface area is 99.4 Å². The van der Waals surface area contributed by atoms with Crippen molar-refractivity contribution in [2.24, 2.45) is 11.8 Å². The Morgan fingerprint density at radius 2 is 1.81 bits per heavy atom. The normalized spacial score (nSPS) is 25.6. The summed E-state index contributed by atoms with van der Waals surface area (Å²) in [5.41, 5.74) is 0. The van der Waals surface area contributed by atoms with Gasteiger partial charge in [-0.15, -0.1) is 0 Å². The zero-order valence-corrected chi connectivity index (χ0v) is 10.6. The average Bonchev–Trinajstić information content (AvgIpc) is 2.29. The van der Waals surface area contributed by atoms with Gasteiger partial charge in [-0.3, -0.25) is 4.79 Å². The molecule has 1 aliphatic carbocycles. The zero-order chi connectivity index (χ0) is 11.8. The van der Waals surface area contributed by atoms with Crippen molar-refractivity contribution >= 4 is 5.97 Å². The molecule has 0 heterocycles. The SMILES string of the molecule is CCCCCCCC1CCCCC1C(=O)O. The summed E-state index contributed by atoms with van der Waals surface area (Å²) in [5, 5.41) is 9.15. The molecule has 1 aliphatic rings. The van der Waals surface area contributed by atoms with Crippen LogP contribution in [0.25, 0.3) is 0 Å². The predicted molar refractivity (Wildman–Crippen MR) is 66.5 cm³/mol. The van der Waals surface area contributed by atoms with Gasteiger partial charge < -0.3 is 5.11 Å². The fourth-order valence-electron chi connectivity index (χ4n) is 2.89. The molecule has 0 aliphatic heterocycles. The Morgan fingerprint density at radius 1 is 1.12 bits per heavy atom. The van der Waals surface area contributed by atoms with E-state index in [1.54, 1.807) is 0 Å². The summed E-state index contributed by atoms with van der Waals surface area (Å²) in [4.78, 5) is 11.1. The number of hydrogen-bond acceptors (Lipinski definition) is 1. The molecular formula is C14H26O2. The van der Waals surface area contributed by atoms with Crippen LogP contribution in [0.3, 0.4) is 0 Å². The molecule has 0 radical (unpaired) electrons. The molecule has 0 spiro atoms. The maximum absolute atomic E-state index is 11.1. The van der Waals surface area contributed by atoms with E-state index < -0.39 is 5.97 Å². The molecule has 1 saturated carbocycles. The van der Waals surface area contributed by atoms with Gasteiger partial charge in [-0.25, -0.2) is 0 Å². The van der Waals surface area contributed by atoms with Crippen molar-refractivity contribution in [2.45, 2.75) is 71.1 Å². The molecule has 0 amide bonds. The van der Waals surface area contributed by atoms with Crippen LogP contribution in [-0.4, -0.2) is 11.1 Å². The minimum atomic E-state index is -0.557. The topological polar surface area (TPSA) is 37.3 Å². The number of hydrogen-bond donors (Lipinski definition) is 1. The molecule has 2 heteroatoms. The van der Waals surface area contributed by atoms with Gasteiger partial charge >= 0.3 is 5.97 Å². The van der Waals surface area contributed by atoms with Crippen LogP contribution in [0.5, 0.6) is 0 Å². The Balaban J connectivity index is 2.19. The van der Waals surface area contributed by atoms with E-state index in [2.05, 4.69) is 6.92 Å². The van der Waals surface area contributed by atoms with E-state index in [-0.39, 0.29) is 5.92 Å². The molecule has 94 valence electrons. The first-order chi connectivity index (χ1) is 7.75. The molecule has 1 N–H and O–H groups in total. The van der Waals surface area contributed by atoms with Crippen LogP contribution in [-0.2, 0) is 4.79 Å². The van der Waals surface area contributed by atoms with Gasteiger partial charge in [0.05, 0.1) is 5.92 Å². The number of rotatable bonds is 7. The molecule has 0 saturated heterocycles. The van der Waals surface area contributed by atoms with Gasteiger partial charge in [0.1, 0.15) is 0 Å². The van der Waals surface area contributed by atoms with Gasteiger partial charge in [-0.1, -0.05) is 51.9 Å². The first-order valence-corrected chi connectivity index (χ1v) is 6.98. The van der Waals surface area contributed by atoms with Crippen molar-refractivity contribution < 1.29 is 9.90 Å². The lowest BCUT2D eigenvalue weighted by atomic mass is 9.76. The number of carbonyl (C=O) groups is 1. The first-order valence-electron chi connectivity index (χ1n) is 6.98. The number of aliphatic carboxylic acids is 1. The monoisotopic (exact) mass is 226 g/mol. The molecule has 2 nitrogen and oxygen atoms in total. The number of carboxylic acid groups (broad SMARTS) is 1. The van der Waals surface area contributed by atoms with Crippen molar-refractivity contribution in [1.29, 1.82) is 0 Å². The van der Waals surface area contributed by atoms with Gasteiger partial charge in [0.25, 0.3) is 0 Å². The number of carboxylic acids is 1. The van der Waals surface area contributed by atoms with E-state index in [1.807, 2.05) is 0 Å². The van der Waals surface area contributed by atoms with E-state index in [0.29, 0.717) is 5.92 Å². The molecule has 16 heavy (non-hydrogen) atoms. The maximum atomic E-state index is 11.1. The maximum Gasteiger partial charge on any atom is 0.306 e. The fourth-order valence-corrected chi connectivity index (χ4v) is 2.89.